The molecule has 102 valence electrons. The van der Waals surface area contributed by atoms with E-state index in [2.05, 4.69) is 9.71 Å². The van der Waals surface area contributed by atoms with Gasteiger partial charge in [0, 0.05) is 0 Å². The summed E-state index contributed by atoms with van der Waals surface area (Å²) in [7, 11) is -3.65. The molecule has 5 nitrogen and oxygen atoms in total. The van der Waals surface area contributed by atoms with E-state index < -0.39 is 16.1 Å². The Morgan fingerprint density at radius 1 is 1.37 bits per heavy atom. The number of thiazole rings is 1. The van der Waals surface area contributed by atoms with Crippen LogP contribution in [-0.4, -0.2) is 25.1 Å². The second-order valence-corrected chi connectivity index (χ2v) is 7.14. The molecule has 0 spiro atoms. The van der Waals surface area contributed by atoms with Crippen LogP contribution < -0.4 is 4.72 Å². The zero-order valence-corrected chi connectivity index (χ0v) is 11.9. The molecule has 2 aromatic rings. The van der Waals surface area contributed by atoms with E-state index in [1.54, 1.807) is 31.2 Å². The van der Waals surface area contributed by atoms with Gasteiger partial charge in [0.1, 0.15) is 0 Å². The van der Waals surface area contributed by atoms with Gasteiger partial charge >= 0.3 is 0 Å². The maximum absolute atomic E-state index is 12.1. The van der Waals surface area contributed by atoms with Crippen molar-refractivity contribution >= 4 is 21.4 Å². The van der Waals surface area contributed by atoms with Gasteiger partial charge in [0.05, 0.1) is 23.9 Å². The molecule has 0 aliphatic rings. The molecule has 2 rings (SSSR count). The van der Waals surface area contributed by atoms with Crippen molar-refractivity contribution in [3.05, 3.63) is 47.1 Å². The number of aliphatic hydroxyl groups is 1. The molecular formula is C12H14N2O3S2. The van der Waals surface area contributed by atoms with Gasteiger partial charge in [-0.05, 0) is 12.5 Å². The third kappa shape index (κ3) is 3.38. The molecule has 0 fully saturated rings. The van der Waals surface area contributed by atoms with Crippen molar-refractivity contribution in [3.8, 4) is 0 Å². The number of nitrogens with zero attached hydrogens (tertiary/aromatic N) is 1. The van der Waals surface area contributed by atoms with E-state index in [1.807, 2.05) is 6.07 Å². The first-order valence-electron chi connectivity index (χ1n) is 5.63. The molecule has 0 saturated heterocycles. The van der Waals surface area contributed by atoms with E-state index in [0.29, 0.717) is 5.01 Å². The van der Waals surface area contributed by atoms with Gasteiger partial charge in [0.25, 0.3) is 10.0 Å². The van der Waals surface area contributed by atoms with E-state index in [9.17, 15) is 13.5 Å². The lowest BCUT2D eigenvalue weighted by atomic mass is 10.1. The fourth-order valence-corrected chi connectivity index (χ4v) is 3.95. The van der Waals surface area contributed by atoms with Crippen molar-refractivity contribution in [3.63, 3.8) is 0 Å². The third-order valence-electron chi connectivity index (χ3n) is 2.55. The van der Waals surface area contributed by atoms with Crippen molar-refractivity contribution in [1.29, 1.82) is 0 Å². The summed E-state index contributed by atoms with van der Waals surface area (Å²) in [5.41, 5.74) is 0.717. The summed E-state index contributed by atoms with van der Waals surface area (Å²) >= 11 is 1.10. The smallest absolute Gasteiger partial charge is 0.252 e. The van der Waals surface area contributed by atoms with Crippen molar-refractivity contribution in [2.24, 2.45) is 0 Å². The molecule has 1 atom stereocenters. The third-order valence-corrected chi connectivity index (χ3v) is 5.39. The minimum atomic E-state index is -3.65. The minimum Gasteiger partial charge on any atom is -0.394 e. The molecule has 0 saturated carbocycles. The number of aromatic nitrogens is 1. The molecule has 1 aromatic carbocycles. The van der Waals surface area contributed by atoms with Gasteiger partial charge in [0.15, 0.2) is 4.21 Å². The lowest BCUT2D eigenvalue weighted by Gasteiger charge is -2.15. The standard InChI is InChI=1S/C12H14N2O3S2/c1-9-13-7-12(18-9)19(16,17)14-11(8-15)10-5-3-2-4-6-10/h2-7,11,14-15H,8H2,1H3/t11-/m1/s1. The maximum atomic E-state index is 12.1. The van der Waals surface area contributed by atoms with Crippen molar-refractivity contribution in [2.75, 3.05) is 6.61 Å². The van der Waals surface area contributed by atoms with Crippen LogP contribution in [0.3, 0.4) is 0 Å². The predicted molar refractivity (Wildman–Crippen MR) is 73.4 cm³/mol. The topological polar surface area (TPSA) is 79.3 Å². The van der Waals surface area contributed by atoms with Crippen LogP contribution in [0.25, 0.3) is 0 Å². The molecule has 19 heavy (non-hydrogen) atoms. The van der Waals surface area contributed by atoms with Crippen LogP contribution in [0.5, 0.6) is 0 Å². The number of rotatable bonds is 5. The first-order chi connectivity index (χ1) is 9.03. The predicted octanol–water partition coefficient (Wildman–Crippen LogP) is 1.46. The Kier molecular flexibility index (Phi) is 4.31. The van der Waals surface area contributed by atoms with Gasteiger partial charge in [-0.2, -0.15) is 0 Å². The van der Waals surface area contributed by atoms with Crippen molar-refractivity contribution in [2.45, 2.75) is 17.2 Å². The summed E-state index contributed by atoms with van der Waals surface area (Å²) in [5, 5.41) is 10.0. The molecule has 7 heteroatoms. The second kappa shape index (κ2) is 5.79. The number of nitrogens with one attached hydrogen (secondary N) is 1. The van der Waals surface area contributed by atoms with Crippen LogP contribution in [0.1, 0.15) is 16.6 Å². The lowest BCUT2D eigenvalue weighted by Crippen LogP contribution is -2.30. The number of hydrogen-bond acceptors (Lipinski definition) is 5. The quantitative estimate of drug-likeness (QED) is 0.876. The number of aryl methyl sites for hydroxylation is 1. The molecule has 2 N–H and O–H groups in total. The molecule has 0 aliphatic carbocycles. The summed E-state index contributed by atoms with van der Waals surface area (Å²) < 4.78 is 26.9. The first kappa shape index (κ1) is 14.1. The fraction of sp³-hybridized carbons (Fsp3) is 0.250. The van der Waals surface area contributed by atoms with Crippen LogP contribution >= 0.6 is 11.3 Å². The number of hydrogen-bond donors (Lipinski definition) is 2. The molecule has 0 aliphatic heterocycles. The van der Waals surface area contributed by atoms with Gasteiger partial charge in [-0.1, -0.05) is 30.3 Å². The van der Waals surface area contributed by atoms with E-state index in [4.69, 9.17) is 0 Å². The average Bonchev–Trinajstić information content (AvgIpc) is 2.85. The average molecular weight is 298 g/mol. The summed E-state index contributed by atoms with van der Waals surface area (Å²) in [6.45, 7) is 1.44. The second-order valence-electron chi connectivity index (χ2n) is 3.97. The highest BCUT2D eigenvalue weighted by Crippen LogP contribution is 2.21. The SMILES string of the molecule is Cc1ncc(S(=O)(=O)N[C@H](CO)c2ccccc2)s1. The minimum absolute atomic E-state index is 0.152. The number of aliphatic hydroxyl groups excluding tert-OH is 1. The van der Waals surface area contributed by atoms with Gasteiger partial charge < -0.3 is 5.11 Å². The maximum Gasteiger partial charge on any atom is 0.252 e. The molecule has 0 amide bonds. The molecule has 1 aromatic heterocycles. The highest BCUT2D eigenvalue weighted by Gasteiger charge is 2.22. The first-order valence-corrected chi connectivity index (χ1v) is 7.93. The highest BCUT2D eigenvalue weighted by molar-refractivity contribution is 7.91. The Labute approximate surface area is 116 Å². The zero-order chi connectivity index (χ0) is 13.9. The van der Waals surface area contributed by atoms with Crippen LogP contribution in [0.2, 0.25) is 0 Å². The van der Waals surface area contributed by atoms with Gasteiger partial charge in [-0.15, -0.1) is 11.3 Å². The Hall–Kier alpha value is -1.28. The Balaban J connectivity index is 2.23. The Morgan fingerprint density at radius 3 is 2.58 bits per heavy atom. The molecule has 0 bridgehead atoms. The normalized spacial score (nSPS) is 13.4. The summed E-state index contributed by atoms with van der Waals surface area (Å²) in [5.74, 6) is 0. The van der Waals surface area contributed by atoms with Crippen LogP contribution in [0.15, 0.2) is 40.7 Å². The summed E-state index contributed by atoms with van der Waals surface area (Å²) in [6, 6.07) is 8.29. The van der Waals surface area contributed by atoms with Crippen molar-refractivity contribution in [1.82, 2.24) is 9.71 Å². The van der Waals surface area contributed by atoms with E-state index in [0.717, 1.165) is 16.9 Å². The summed E-state index contributed by atoms with van der Waals surface area (Å²) in [4.78, 5) is 3.93. The van der Waals surface area contributed by atoms with Crippen LogP contribution in [0, 0.1) is 6.92 Å². The van der Waals surface area contributed by atoms with Gasteiger partial charge in [-0.25, -0.2) is 18.1 Å². The lowest BCUT2D eigenvalue weighted by molar-refractivity contribution is 0.259. The fourth-order valence-electron chi connectivity index (χ4n) is 1.61. The van der Waals surface area contributed by atoms with E-state index in [-0.39, 0.29) is 10.8 Å². The molecule has 1 heterocycles. The van der Waals surface area contributed by atoms with E-state index >= 15 is 0 Å². The van der Waals surface area contributed by atoms with E-state index in [1.165, 1.54) is 6.20 Å². The number of sulfonamides is 1. The Bertz CT molecular complexity index is 638. The highest BCUT2D eigenvalue weighted by atomic mass is 32.2. The summed E-state index contributed by atoms with van der Waals surface area (Å²) in [6.07, 6.45) is 1.32. The molecular weight excluding hydrogens is 284 g/mol. The van der Waals surface area contributed by atoms with Gasteiger partial charge in [0.2, 0.25) is 0 Å². The van der Waals surface area contributed by atoms with Gasteiger partial charge in [-0.3, -0.25) is 0 Å². The zero-order valence-electron chi connectivity index (χ0n) is 10.3. The molecule has 0 radical (unpaired) electrons. The monoisotopic (exact) mass is 298 g/mol. The molecule has 0 unspecified atom stereocenters. The Morgan fingerprint density at radius 2 is 2.05 bits per heavy atom. The van der Waals surface area contributed by atoms with Crippen LogP contribution in [0.4, 0.5) is 0 Å². The largest absolute Gasteiger partial charge is 0.394 e. The van der Waals surface area contributed by atoms with Crippen molar-refractivity contribution < 1.29 is 13.5 Å². The van der Waals surface area contributed by atoms with Crippen LogP contribution in [-0.2, 0) is 10.0 Å². The number of benzene rings is 1.